The lowest BCUT2D eigenvalue weighted by Gasteiger charge is -2.04. The van der Waals surface area contributed by atoms with E-state index in [0.717, 1.165) is 0 Å². The molecule has 0 radical (unpaired) electrons. The number of benzene rings is 1. The molecule has 0 fully saturated rings. The zero-order valence-electron chi connectivity index (χ0n) is 8.88. The number of nitrogens with zero attached hydrogens (tertiary/aromatic N) is 3. The molecule has 1 amide bonds. The normalized spacial score (nSPS) is 10.2. The minimum absolute atomic E-state index is 0.121. The van der Waals surface area contributed by atoms with Crippen LogP contribution in [0.4, 0.5) is 11.4 Å². The molecule has 17 heavy (non-hydrogen) atoms. The van der Waals surface area contributed by atoms with Crippen molar-refractivity contribution in [3.63, 3.8) is 0 Å². The van der Waals surface area contributed by atoms with Crippen LogP contribution in [0.5, 0.6) is 0 Å². The number of hydrogen-bond acceptors (Lipinski definition) is 5. The van der Waals surface area contributed by atoms with Gasteiger partial charge in [-0.1, -0.05) is 0 Å². The molecule has 2 rings (SSSR count). The number of nitro benzene ring substituents is 1. The average molecular weight is 232 g/mol. The SMILES string of the molecule is CC(=O)Nc1ccc2nccnc2c1[N+](=O)[O-]. The summed E-state index contributed by atoms with van der Waals surface area (Å²) in [5.41, 5.74) is 0.443. The Morgan fingerprint density at radius 3 is 2.71 bits per heavy atom. The van der Waals surface area contributed by atoms with Gasteiger partial charge in [-0.25, -0.2) is 4.98 Å². The van der Waals surface area contributed by atoms with Crippen LogP contribution in [0.15, 0.2) is 24.5 Å². The number of fused-ring (bicyclic) bond motifs is 1. The fourth-order valence-electron chi connectivity index (χ4n) is 1.50. The lowest BCUT2D eigenvalue weighted by molar-refractivity contribution is -0.382. The van der Waals surface area contributed by atoms with Crippen LogP contribution in [0.2, 0.25) is 0 Å². The van der Waals surface area contributed by atoms with Gasteiger partial charge in [0.2, 0.25) is 5.91 Å². The van der Waals surface area contributed by atoms with Crippen molar-refractivity contribution in [2.24, 2.45) is 0 Å². The van der Waals surface area contributed by atoms with Gasteiger partial charge in [-0.2, -0.15) is 0 Å². The summed E-state index contributed by atoms with van der Waals surface area (Å²) < 4.78 is 0. The molecule has 7 heteroatoms. The Bertz CT molecular complexity index is 612. The first-order valence-electron chi connectivity index (χ1n) is 4.75. The average Bonchev–Trinajstić information content (AvgIpc) is 2.27. The highest BCUT2D eigenvalue weighted by Crippen LogP contribution is 2.30. The summed E-state index contributed by atoms with van der Waals surface area (Å²) >= 11 is 0. The molecule has 0 atom stereocenters. The maximum Gasteiger partial charge on any atom is 0.320 e. The van der Waals surface area contributed by atoms with E-state index in [4.69, 9.17) is 0 Å². The maximum atomic E-state index is 11.0. The van der Waals surface area contributed by atoms with Gasteiger partial charge in [0, 0.05) is 19.3 Å². The van der Waals surface area contributed by atoms with Crippen molar-refractivity contribution in [1.29, 1.82) is 0 Å². The molecule has 0 aliphatic rings. The molecule has 2 aromatic rings. The summed E-state index contributed by atoms with van der Waals surface area (Å²) in [6, 6.07) is 3.01. The van der Waals surface area contributed by atoms with Gasteiger partial charge in [0.05, 0.1) is 10.4 Å². The maximum absolute atomic E-state index is 11.0. The second kappa shape index (κ2) is 4.12. The molecule has 1 heterocycles. The quantitative estimate of drug-likeness (QED) is 0.624. The van der Waals surface area contributed by atoms with Gasteiger partial charge in [-0.05, 0) is 12.1 Å². The van der Waals surface area contributed by atoms with Crippen LogP contribution < -0.4 is 5.32 Å². The summed E-state index contributed by atoms with van der Waals surface area (Å²) in [6.45, 7) is 1.28. The summed E-state index contributed by atoms with van der Waals surface area (Å²) in [7, 11) is 0. The van der Waals surface area contributed by atoms with E-state index in [-0.39, 0.29) is 22.8 Å². The minimum atomic E-state index is -0.581. The number of carbonyl (C=O) groups is 1. The first-order valence-corrected chi connectivity index (χ1v) is 4.75. The molecule has 0 aliphatic heterocycles. The Morgan fingerprint density at radius 1 is 1.35 bits per heavy atom. The van der Waals surface area contributed by atoms with E-state index in [0.29, 0.717) is 5.52 Å². The lowest BCUT2D eigenvalue weighted by atomic mass is 10.2. The topological polar surface area (TPSA) is 98.0 Å². The standard InChI is InChI=1S/C10H8N4O3/c1-6(15)13-8-3-2-7-9(10(8)14(16)17)12-5-4-11-7/h2-5H,1H3,(H,13,15). The molecule has 0 aliphatic carbocycles. The van der Waals surface area contributed by atoms with Crippen molar-refractivity contribution in [2.45, 2.75) is 6.92 Å². The van der Waals surface area contributed by atoms with E-state index >= 15 is 0 Å². The number of nitrogens with one attached hydrogen (secondary N) is 1. The van der Waals surface area contributed by atoms with Gasteiger partial charge in [-0.15, -0.1) is 0 Å². The van der Waals surface area contributed by atoms with Gasteiger partial charge in [0.1, 0.15) is 5.69 Å². The van der Waals surface area contributed by atoms with Gasteiger partial charge in [-0.3, -0.25) is 19.9 Å². The minimum Gasteiger partial charge on any atom is -0.321 e. The third-order valence-electron chi connectivity index (χ3n) is 2.11. The summed E-state index contributed by atoms with van der Waals surface area (Å²) in [6.07, 6.45) is 2.82. The highest BCUT2D eigenvalue weighted by molar-refractivity contribution is 5.98. The summed E-state index contributed by atoms with van der Waals surface area (Å²) in [5.74, 6) is -0.378. The molecule has 7 nitrogen and oxygen atoms in total. The number of aromatic nitrogens is 2. The van der Waals surface area contributed by atoms with Gasteiger partial charge >= 0.3 is 5.69 Å². The van der Waals surface area contributed by atoms with Gasteiger partial charge in [0.15, 0.2) is 5.52 Å². The predicted molar refractivity (Wildman–Crippen MR) is 60.5 cm³/mol. The molecular weight excluding hydrogens is 224 g/mol. The lowest BCUT2D eigenvalue weighted by Crippen LogP contribution is -2.08. The van der Waals surface area contributed by atoms with Crippen LogP contribution in [0.1, 0.15) is 6.92 Å². The molecule has 1 aromatic heterocycles. The third-order valence-corrected chi connectivity index (χ3v) is 2.11. The Labute approximate surface area is 95.6 Å². The fraction of sp³-hybridized carbons (Fsp3) is 0.100. The van der Waals surface area contributed by atoms with E-state index in [2.05, 4.69) is 15.3 Å². The number of hydrogen-bond donors (Lipinski definition) is 1. The molecule has 86 valence electrons. The largest absolute Gasteiger partial charge is 0.321 e. The molecule has 0 bridgehead atoms. The van der Waals surface area contributed by atoms with Crippen molar-refractivity contribution in [1.82, 2.24) is 9.97 Å². The van der Waals surface area contributed by atoms with E-state index in [9.17, 15) is 14.9 Å². The molecule has 0 saturated carbocycles. The molecular formula is C10H8N4O3. The highest BCUT2D eigenvalue weighted by Gasteiger charge is 2.20. The molecule has 1 aromatic carbocycles. The van der Waals surface area contributed by atoms with Crippen molar-refractivity contribution < 1.29 is 9.72 Å². The molecule has 1 N–H and O–H groups in total. The first-order chi connectivity index (χ1) is 8.09. The monoisotopic (exact) mass is 232 g/mol. The second-order valence-electron chi connectivity index (χ2n) is 3.32. The number of anilines is 1. The first kappa shape index (κ1) is 10.9. The van der Waals surface area contributed by atoms with Crippen molar-refractivity contribution >= 4 is 28.3 Å². The van der Waals surface area contributed by atoms with Crippen molar-refractivity contribution in [3.8, 4) is 0 Å². The van der Waals surface area contributed by atoms with Gasteiger partial charge in [0.25, 0.3) is 0 Å². The van der Waals surface area contributed by atoms with Crippen LogP contribution in [0.25, 0.3) is 11.0 Å². The van der Waals surface area contributed by atoms with Crippen molar-refractivity contribution in [2.75, 3.05) is 5.32 Å². The van der Waals surface area contributed by atoms with E-state index in [1.165, 1.54) is 25.4 Å². The van der Waals surface area contributed by atoms with E-state index in [1.807, 2.05) is 0 Å². The number of carbonyl (C=O) groups excluding carboxylic acids is 1. The van der Waals surface area contributed by atoms with Crippen LogP contribution in [-0.2, 0) is 4.79 Å². The van der Waals surface area contributed by atoms with Gasteiger partial charge < -0.3 is 5.32 Å². The predicted octanol–water partition coefficient (Wildman–Crippen LogP) is 1.50. The zero-order chi connectivity index (χ0) is 12.4. The smallest absolute Gasteiger partial charge is 0.320 e. The van der Waals surface area contributed by atoms with Crippen LogP contribution in [0.3, 0.4) is 0 Å². The van der Waals surface area contributed by atoms with E-state index in [1.54, 1.807) is 6.07 Å². The summed E-state index contributed by atoms with van der Waals surface area (Å²) in [4.78, 5) is 29.3. The molecule has 0 spiro atoms. The summed E-state index contributed by atoms with van der Waals surface area (Å²) in [5, 5.41) is 13.4. The Hall–Kier alpha value is -2.57. The number of amides is 1. The Balaban J connectivity index is 2.72. The number of nitro groups is 1. The third kappa shape index (κ3) is 2.03. The molecule has 0 unspecified atom stereocenters. The van der Waals surface area contributed by atoms with Crippen molar-refractivity contribution in [3.05, 3.63) is 34.6 Å². The van der Waals surface area contributed by atoms with Crippen LogP contribution >= 0.6 is 0 Å². The zero-order valence-corrected chi connectivity index (χ0v) is 8.88. The highest BCUT2D eigenvalue weighted by atomic mass is 16.6. The van der Waals surface area contributed by atoms with Crippen LogP contribution in [-0.4, -0.2) is 20.8 Å². The number of rotatable bonds is 2. The Kier molecular flexibility index (Phi) is 2.65. The van der Waals surface area contributed by atoms with Crippen LogP contribution in [0, 0.1) is 10.1 Å². The Morgan fingerprint density at radius 2 is 2.06 bits per heavy atom. The second-order valence-corrected chi connectivity index (χ2v) is 3.32. The fourth-order valence-corrected chi connectivity index (χ4v) is 1.50. The van der Waals surface area contributed by atoms with E-state index < -0.39 is 4.92 Å². The molecule has 0 saturated heterocycles.